The van der Waals surface area contributed by atoms with Gasteiger partial charge in [-0.25, -0.2) is 4.79 Å². The summed E-state index contributed by atoms with van der Waals surface area (Å²) in [6.45, 7) is 3.79. The average molecular weight is 270 g/mol. The van der Waals surface area contributed by atoms with Gasteiger partial charge >= 0.3 is 12.0 Å². The van der Waals surface area contributed by atoms with Gasteiger partial charge in [-0.2, -0.15) is 5.10 Å². The molecule has 0 unspecified atom stereocenters. The van der Waals surface area contributed by atoms with E-state index >= 15 is 0 Å². The molecule has 8 heteroatoms. The van der Waals surface area contributed by atoms with E-state index in [1.807, 2.05) is 13.8 Å². The lowest BCUT2D eigenvalue weighted by molar-refractivity contribution is -0.137. The number of carbonyl (C=O) groups is 2. The molecule has 106 valence electrons. The second kappa shape index (κ2) is 6.19. The predicted octanol–water partition coefficient (Wildman–Crippen LogP) is 0.514. The molecule has 0 bridgehead atoms. The minimum absolute atomic E-state index is 0.250. The van der Waals surface area contributed by atoms with Gasteiger partial charge in [0, 0.05) is 19.9 Å². The number of aromatic nitrogens is 2. The molecule has 0 aromatic carbocycles. The van der Waals surface area contributed by atoms with Crippen molar-refractivity contribution >= 4 is 17.7 Å². The number of hydrogen-bond acceptors (Lipinski definition) is 4. The van der Waals surface area contributed by atoms with Gasteiger partial charge in [0.05, 0.1) is 17.5 Å². The van der Waals surface area contributed by atoms with Gasteiger partial charge in [0.25, 0.3) is 0 Å². The quantitative estimate of drug-likeness (QED) is 0.698. The van der Waals surface area contributed by atoms with E-state index in [-0.39, 0.29) is 6.54 Å². The van der Waals surface area contributed by atoms with Crippen molar-refractivity contribution in [1.82, 2.24) is 15.1 Å². The summed E-state index contributed by atoms with van der Waals surface area (Å²) in [4.78, 5) is 22.0. The molecule has 0 aliphatic rings. The Morgan fingerprint density at radius 1 is 1.53 bits per heavy atom. The second-order valence-electron chi connectivity index (χ2n) is 4.59. The second-order valence-corrected chi connectivity index (χ2v) is 4.59. The standard InChI is InChI=1S/C11H18N4O4/c1-11(2,19-3)7-12-10(18)14-8-4-13-15(5-8)6-9(16)17/h4-5H,6-7H2,1-3H3,(H,16,17)(H2,12,14,18). The average Bonchev–Trinajstić information content (AvgIpc) is 2.73. The number of amides is 2. The number of carbonyl (C=O) groups excluding carboxylic acids is 1. The fourth-order valence-electron chi connectivity index (χ4n) is 1.19. The van der Waals surface area contributed by atoms with E-state index in [4.69, 9.17) is 9.84 Å². The fraction of sp³-hybridized carbons (Fsp3) is 0.545. The largest absolute Gasteiger partial charge is 0.480 e. The summed E-state index contributed by atoms with van der Waals surface area (Å²) in [6, 6.07) is -0.403. The van der Waals surface area contributed by atoms with Crippen LogP contribution in [0.15, 0.2) is 12.4 Å². The molecular formula is C11H18N4O4. The van der Waals surface area contributed by atoms with Crippen molar-refractivity contribution in [2.45, 2.75) is 26.0 Å². The summed E-state index contributed by atoms with van der Waals surface area (Å²) in [7, 11) is 1.56. The van der Waals surface area contributed by atoms with E-state index in [0.29, 0.717) is 12.2 Å². The minimum atomic E-state index is -0.999. The maximum Gasteiger partial charge on any atom is 0.325 e. The highest BCUT2D eigenvalue weighted by Crippen LogP contribution is 2.06. The molecule has 0 spiro atoms. The number of aliphatic carboxylic acids is 1. The molecule has 3 N–H and O–H groups in total. The summed E-state index contributed by atoms with van der Waals surface area (Å²) >= 11 is 0. The van der Waals surface area contributed by atoms with E-state index in [2.05, 4.69) is 15.7 Å². The lowest BCUT2D eigenvalue weighted by Gasteiger charge is -2.22. The molecule has 0 saturated carbocycles. The van der Waals surface area contributed by atoms with Crippen molar-refractivity contribution in [2.24, 2.45) is 0 Å². The molecule has 0 aliphatic carbocycles. The van der Waals surface area contributed by atoms with Gasteiger partial charge < -0.3 is 20.5 Å². The van der Waals surface area contributed by atoms with E-state index in [0.717, 1.165) is 0 Å². The number of methoxy groups -OCH3 is 1. The van der Waals surface area contributed by atoms with Gasteiger partial charge in [0.2, 0.25) is 0 Å². The molecule has 0 aliphatic heterocycles. The van der Waals surface area contributed by atoms with Crippen LogP contribution in [0.1, 0.15) is 13.8 Å². The van der Waals surface area contributed by atoms with Crippen molar-refractivity contribution < 1.29 is 19.4 Å². The van der Waals surface area contributed by atoms with Crippen molar-refractivity contribution in [3.8, 4) is 0 Å². The number of urea groups is 1. The summed E-state index contributed by atoms with van der Waals surface area (Å²) in [5, 5.41) is 17.6. The van der Waals surface area contributed by atoms with Crippen molar-refractivity contribution in [1.29, 1.82) is 0 Å². The number of ether oxygens (including phenoxy) is 1. The Kier molecular flexibility index (Phi) is 4.87. The highest BCUT2D eigenvalue weighted by atomic mass is 16.5. The molecule has 0 radical (unpaired) electrons. The Morgan fingerprint density at radius 2 is 2.21 bits per heavy atom. The van der Waals surface area contributed by atoms with Crippen LogP contribution >= 0.6 is 0 Å². The predicted molar refractivity (Wildman–Crippen MR) is 68.0 cm³/mol. The van der Waals surface area contributed by atoms with Crippen molar-refractivity contribution in [3.63, 3.8) is 0 Å². The van der Waals surface area contributed by atoms with Crippen LogP contribution in [0.3, 0.4) is 0 Å². The van der Waals surface area contributed by atoms with E-state index in [9.17, 15) is 9.59 Å². The number of hydrogen-bond donors (Lipinski definition) is 3. The Bertz CT molecular complexity index is 455. The van der Waals surface area contributed by atoms with E-state index < -0.39 is 17.6 Å². The molecule has 19 heavy (non-hydrogen) atoms. The number of nitrogens with zero attached hydrogens (tertiary/aromatic N) is 2. The molecule has 0 fully saturated rings. The zero-order valence-electron chi connectivity index (χ0n) is 11.1. The van der Waals surface area contributed by atoms with Gasteiger partial charge in [-0.3, -0.25) is 9.48 Å². The molecular weight excluding hydrogens is 252 g/mol. The zero-order chi connectivity index (χ0) is 14.5. The topological polar surface area (TPSA) is 105 Å². The van der Waals surface area contributed by atoms with Gasteiger partial charge in [-0.05, 0) is 13.8 Å². The highest BCUT2D eigenvalue weighted by Gasteiger charge is 2.17. The monoisotopic (exact) mass is 270 g/mol. The van der Waals surface area contributed by atoms with Crippen molar-refractivity contribution in [2.75, 3.05) is 19.0 Å². The lowest BCUT2D eigenvalue weighted by atomic mass is 10.1. The first kappa shape index (κ1) is 15.0. The van der Waals surface area contributed by atoms with Crippen LogP contribution in [0.4, 0.5) is 10.5 Å². The van der Waals surface area contributed by atoms with Crippen LogP contribution in [0.5, 0.6) is 0 Å². The van der Waals surface area contributed by atoms with Crippen LogP contribution in [0.2, 0.25) is 0 Å². The molecule has 0 saturated heterocycles. The molecule has 1 aromatic rings. The van der Waals surface area contributed by atoms with E-state index in [1.165, 1.54) is 17.1 Å². The number of anilines is 1. The number of carboxylic acids is 1. The molecule has 1 rings (SSSR count). The van der Waals surface area contributed by atoms with E-state index in [1.54, 1.807) is 7.11 Å². The van der Waals surface area contributed by atoms with Gasteiger partial charge in [0.1, 0.15) is 6.54 Å². The normalized spacial score (nSPS) is 11.1. The number of carboxylic acid groups (broad SMARTS) is 1. The third-order valence-electron chi connectivity index (χ3n) is 2.42. The SMILES string of the molecule is COC(C)(C)CNC(=O)Nc1cnn(CC(=O)O)c1. The smallest absolute Gasteiger partial charge is 0.325 e. The first-order chi connectivity index (χ1) is 8.82. The summed E-state index contributed by atoms with van der Waals surface area (Å²) < 4.78 is 6.38. The van der Waals surface area contributed by atoms with Crippen LogP contribution in [0.25, 0.3) is 0 Å². The number of rotatable bonds is 6. The Hall–Kier alpha value is -2.09. The maximum absolute atomic E-state index is 11.6. The third kappa shape index (κ3) is 5.38. The summed E-state index contributed by atoms with van der Waals surface area (Å²) in [5.74, 6) is -0.999. The van der Waals surface area contributed by atoms with Crippen molar-refractivity contribution in [3.05, 3.63) is 12.4 Å². The molecule has 0 atom stereocenters. The zero-order valence-corrected chi connectivity index (χ0v) is 11.1. The summed E-state index contributed by atoms with van der Waals surface area (Å²) in [5.41, 5.74) is -0.0286. The van der Waals surface area contributed by atoms with Gasteiger partial charge in [0.15, 0.2) is 0 Å². The Morgan fingerprint density at radius 3 is 2.79 bits per heavy atom. The maximum atomic E-state index is 11.6. The molecule has 1 aromatic heterocycles. The molecule has 8 nitrogen and oxygen atoms in total. The molecule has 2 amide bonds. The van der Waals surface area contributed by atoms with Crippen LogP contribution in [-0.2, 0) is 16.1 Å². The highest BCUT2D eigenvalue weighted by molar-refractivity contribution is 5.88. The van der Waals surface area contributed by atoms with Crippen LogP contribution in [0, 0.1) is 0 Å². The molecule has 1 heterocycles. The van der Waals surface area contributed by atoms with Gasteiger partial charge in [-0.1, -0.05) is 0 Å². The first-order valence-electron chi connectivity index (χ1n) is 5.66. The van der Waals surface area contributed by atoms with Crippen LogP contribution < -0.4 is 10.6 Å². The first-order valence-corrected chi connectivity index (χ1v) is 5.66. The summed E-state index contributed by atoms with van der Waals surface area (Å²) in [6.07, 6.45) is 2.82. The van der Waals surface area contributed by atoms with Crippen LogP contribution in [-0.4, -0.2) is 46.1 Å². The third-order valence-corrected chi connectivity index (χ3v) is 2.42. The fourth-order valence-corrected chi connectivity index (χ4v) is 1.19. The number of nitrogens with one attached hydrogen (secondary N) is 2. The minimum Gasteiger partial charge on any atom is -0.480 e. The Balaban J connectivity index is 2.44. The van der Waals surface area contributed by atoms with Gasteiger partial charge in [-0.15, -0.1) is 0 Å². The Labute approximate surface area is 110 Å². The lowest BCUT2D eigenvalue weighted by Crippen LogP contribution is -2.41.